The van der Waals surface area contributed by atoms with Gasteiger partial charge in [-0.15, -0.1) is 11.8 Å². The van der Waals surface area contributed by atoms with E-state index >= 15 is 0 Å². The van der Waals surface area contributed by atoms with Crippen molar-refractivity contribution < 1.29 is 23.8 Å². The molecule has 132 valence electrons. The number of carbonyl (C=O) groups excluding carboxylic acids is 2. The highest BCUT2D eigenvalue weighted by molar-refractivity contribution is 7.98. The van der Waals surface area contributed by atoms with Crippen LogP contribution in [0.5, 0.6) is 11.5 Å². The number of carbonyl (C=O) groups is 2. The van der Waals surface area contributed by atoms with Crippen LogP contribution in [0.3, 0.4) is 0 Å². The van der Waals surface area contributed by atoms with Crippen LogP contribution in [0.25, 0.3) is 0 Å². The number of hydrogen-bond acceptors (Lipinski definition) is 6. The van der Waals surface area contributed by atoms with Gasteiger partial charge in [-0.05, 0) is 18.4 Å². The Balaban J connectivity index is 2.46. The molecule has 0 aromatic heterocycles. The van der Waals surface area contributed by atoms with Gasteiger partial charge in [0.05, 0.1) is 38.1 Å². The molecule has 6 nitrogen and oxygen atoms in total. The predicted octanol–water partition coefficient (Wildman–Crippen LogP) is 3.46. The molecule has 25 heavy (non-hydrogen) atoms. The summed E-state index contributed by atoms with van der Waals surface area (Å²) in [4.78, 5) is 25.6. The van der Waals surface area contributed by atoms with Crippen molar-refractivity contribution >= 4 is 29.3 Å². The van der Waals surface area contributed by atoms with E-state index in [0.29, 0.717) is 17.1 Å². The molecule has 0 saturated carbocycles. The molecule has 0 saturated heterocycles. The summed E-state index contributed by atoms with van der Waals surface area (Å²) >= 11 is 1.47. The van der Waals surface area contributed by atoms with Gasteiger partial charge in [-0.3, -0.25) is 4.79 Å². The number of ether oxygens (including phenoxy) is 3. The summed E-state index contributed by atoms with van der Waals surface area (Å²) in [5.41, 5.74) is 0.973. The number of thioether (sulfide) groups is 1. The Kier molecular flexibility index (Phi) is 6.30. The van der Waals surface area contributed by atoms with Crippen LogP contribution in [0.1, 0.15) is 20.7 Å². The van der Waals surface area contributed by atoms with Gasteiger partial charge < -0.3 is 19.5 Å². The Bertz CT molecular complexity index is 791. The lowest BCUT2D eigenvalue weighted by molar-refractivity contribution is 0.0601. The topological polar surface area (TPSA) is 73.9 Å². The molecule has 0 heterocycles. The summed E-state index contributed by atoms with van der Waals surface area (Å²) in [6.45, 7) is 0. The fourth-order valence-corrected chi connectivity index (χ4v) is 2.88. The molecule has 1 N–H and O–H groups in total. The highest BCUT2D eigenvalue weighted by Crippen LogP contribution is 2.34. The molecule has 0 radical (unpaired) electrons. The van der Waals surface area contributed by atoms with Crippen molar-refractivity contribution in [3.05, 3.63) is 47.5 Å². The monoisotopic (exact) mass is 361 g/mol. The van der Waals surface area contributed by atoms with Crippen LogP contribution in [-0.2, 0) is 4.74 Å². The molecule has 0 aliphatic heterocycles. The molecule has 2 rings (SSSR count). The van der Waals surface area contributed by atoms with Gasteiger partial charge in [0, 0.05) is 17.0 Å². The summed E-state index contributed by atoms with van der Waals surface area (Å²) in [6.07, 6.45) is 1.89. The van der Waals surface area contributed by atoms with Crippen LogP contribution in [0.4, 0.5) is 5.69 Å². The number of benzene rings is 2. The number of nitrogens with one attached hydrogen (secondary N) is 1. The van der Waals surface area contributed by atoms with Crippen LogP contribution in [-0.4, -0.2) is 39.5 Å². The maximum atomic E-state index is 12.7. The van der Waals surface area contributed by atoms with E-state index in [-0.39, 0.29) is 17.2 Å². The van der Waals surface area contributed by atoms with E-state index in [2.05, 4.69) is 5.32 Å². The number of methoxy groups -OCH3 is 3. The molecule has 0 spiro atoms. The zero-order valence-corrected chi connectivity index (χ0v) is 15.2. The molecule has 2 aromatic rings. The Hall–Kier alpha value is -2.67. The molecule has 7 heteroatoms. The number of rotatable bonds is 6. The van der Waals surface area contributed by atoms with Crippen molar-refractivity contribution in [3.63, 3.8) is 0 Å². The second-order valence-corrected chi connectivity index (χ2v) is 5.75. The van der Waals surface area contributed by atoms with E-state index in [1.165, 1.54) is 45.2 Å². The number of hydrogen-bond donors (Lipinski definition) is 1. The Labute approximate surface area is 150 Å². The Morgan fingerprint density at radius 2 is 1.60 bits per heavy atom. The van der Waals surface area contributed by atoms with Crippen LogP contribution in [0.15, 0.2) is 41.3 Å². The summed E-state index contributed by atoms with van der Waals surface area (Å²) in [6, 6.07) is 10.2. The van der Waals surface area contributed by atoms with Crippen molar-refractivity contribution in [3.8, 4) is 11.5 Å². The fourth-order valence-electron chi connectivity index (χ4n) is 2.28. The molecule has 0 bridgehead atoms. The van der Waals surface area contributed by atoms with Gasteiger partial charge >= 0.3 is 5.97 Å². The van der Waals surface area contributed by atoms with Crippen molar-refractivity contribution in [2.45, 2.75) is 4.90 Å². The van der Waals surface area contributed by atoms with E-state index in [9.17, 15) is 9.59 Å². The lowest BCUT2D eigenvalue weighted by Crippen LogP contribution is -2.16. The van der Waals surface area contributed by atoms with Gasteiger partial charge in [0.1, 0.15) is 0 Å². The van der Waals surface area contributed by atoms with Crippen LogP contribution < -0.4 is 14.8 Å². The van der Waals surface area contributed by atoms with Gasteiger partial charge in [-0.25, -0.2) is 4.79 Å². The molecule has 0 atom stereocenters. The van der Waals surface area contributed by atoms with E-state index < -0.39 is 5.97 Å². The SMILES string of the molecule is COC(=O)c1cc(OC)c(OC)cc1NC(=O)c1ccccc1SC. The highest BCUT2D eigenvalue weighted by Gasteiger charge is 2.20. The predicted molar refractivity (Wildman–Crippen MR) is 97.1 cm³/mol. The molecule has 1 amide bonds. The van der Waals surface area contributed by atoms with Gasteiger partial charge in [0.15, 0.2) is 11.5 Å². The maximum Gasteiger partial charge on any atom is 0.340 e. The molecule has 0 fully saturated rings. The van der Waals surface area contributed by atoms with E-state index in [1.54, 1.807) is 12.1 Å². The minimum atomic E-state index is -0.589. The molecule has 0 unspecified atom stereocenters. The Morgan fingerprint density at radius 1 is 0.960 bits per heavy atom. The third-order valence-electron chi connectivity index (χ3n) is 3.53. The lowest BCUT2D eigenvalue weighted by atomic mass is 10.1. The largest absolute Gasteiger partial charge is 0.493 e. The number of esters is 1. The van der Waals surface area contributed by atoms with Gasteiger partial charge in [0.25, 0.3) is 5.91 Å². The van der Waals surface area contributed by atoms with E-state index in [1.807, 2.05) is 18.4 Å². The summed E-state index contributed by atoms with van der Waals surface area (Å²) in [5, 5.41) is 2.75. The van der Waals surface area contributed by atoms with Crippen molar-refractivity contribution in [1.29, 1.82) is 0 Å². The summed E-state index contributed by atoms with van der Waals surface area (Å²) in [7, 11) is 4.21. The lowest BCUT2D eigenvalue weighted by Gasteiger charge is -2.15. The van der Waals surface area contributed by atoms with Gasteiger partial charge in [-0.1, -0.05) is 12.1 Å². The minimum Gasteiger partial charge on any atom is -0.493 e. The maximum absolute atomic E-state index is 12.7. The summed E-state index contributed by atoms with van der Waals surface area (Å²) < 4.78 is 15.2. The van der Waals surface area contributed by atoms with Crippen molar-refractivity contribution in [2.24, 2.45) is 0 Å². The standard InChI is InChI=1S/C18H19NO5S/c1-22-14-9-12(18(21)24-3)13(10-15(14)23-2)19-17(20)11-7-5-6-8-16(11)25-4/h5-10H,1-4H3,(H,19,20). The first kappa shape index (κ1) is 18.7. The smallest absolute Gasteiger partial charge is 0.340 e. The average molecular weight is 361 g/mol. The molecular weight excluding hydrogens is 342 g/mol. The number of amides is 1. The molecule has 2 aromatic carbocycles. The van der Waals surface area contributed by atoms with Crippen LogP contribution in [0.2, 0.25) is 0 Å². The Morgan fingerprint density at radius 3 is 2.20 bits per heavy atom. The first-order chi connectivity index (χ1) is 12.0. The zero-order valence-electron chi connectivity index (χ0n) is 14.4. The van der Waals surface area contributed by atoms with Gasteiger partial charge in [-0.2, -0.15) is 0 Å². The summed E-state index contributed by atoms with van der Waals surface area (Å²) in [5.74, 6) is -0.161. The quantitative estimate of drug-likeness (QED) is 0.627. The molecule has 0 aliphatic carbocycles. The van der Waals surface area contributed by atoms with Crippen molar-refractivity contribution in [2.75, 3.05) is 32.9 Å². The third kappa shape index (κ3) is 4.06. The van der Waals surface area contributed by atoms with Crippen LogP contribution in [0, 0.1) is 0 Å². The molecular formula is C18H19NO5S. The zero-order chi connectivity index (χ0) is 18.4. The minimum absolute atomic E-state index is 0.176. The third-order valence-corrected chi connectivity index (χ3v) is 4.32. The highest BCUT2D eigenvalue weighted by atomic mass is 32.2. The van der Waals surface area contributed by atoms with Crippen LogP contribution >= 0.6 is 11.8 Å². The molecule has 0 aliphatic rings. The van der Waals surface area contributed by atoms with E-state index in [4.69, 9.17) is 14.2 Å². The van der Waals surface area contributed by atoms with Gasteiger partial charge in [0.2, 0.25) is 0 Å². The fraction of sp³-hybridized carbons (Fsp3) is 0.222. The second kappa shape index (κ2) is 8.43. The first-order valence-corrected chi connectivity index (χ1v) is 8.56. The van der Waals surface area contributed by atoms with E-state index in [0.717, 1.165) is 4.90 Å². The van der Waals surface area contributed by atoms with Crippen molar-refractivity contribution in [1.82, 2.24) is 0 Å². The first-order valence-electron chi connectivity index (χ1n) is 7.34. The normalized spacial score (nSPS) is 10.1. The average Bonchev–Trinajstić information content (AvgIpc) is 2.66. The second-order valence-electron chi connectivity index (χ2n) is 4.90. The number of anilines is 1.